The first kappa shape index (κ1) is 24.4. The molecule has 11 nitrogen and oxygen atoms in total. The minimum atomic E-state index is -3.68. The van der Waals surface area contributed by atoms with E-state index in [1.165, 1.54) is 0 Å². The van der Waals surface area contributed by atoms with Gasteiger partial charge in [-0.05, 0) is 23.3 Å². The van der Waals surface area contributed by atoms with E-state index in [9.17, 15) is 14.3 Å². The van der Waals surface area contributed by atoms with Crippen molar-refractivity contribution < 1.29 is 23.7 Å². The average molecular weight is 474 g/mol. The molecule has 3 unspecified atom stereocenters. The van der Waals surface area contributed by atoms with Crippen LogP contribution in [0.25, 0.3) is 10.8 Å². The van der Waals surface area contributed by atoms with Crippen molar-refractivity contribution >= 4 is 47.3 Å². The smallest absolute Gasteiger partial charge is 0.305 e. The normalized spacial score (nSPS) is 19.3. The Balaban J connectivity index is 0.000000286. The van der Waals surface area contributed by atoms with Crippen LogP contribution in [-0.4, -0.2) is 50.8 Å². The molecule has 0 bridgehead atoms. The summed E-state index contributed by atoms with van der Waals surface area (Å²) in [6.45, 7) is 2.13. The summed E-state index contributed by atoms with van der Waals surface area (Å²) in [5, 5.41) is 2.15. The standard InChI is InChI=1S/C18H21O5P.C3H6N6/c1-2-18(19)23-12-15-17(10-11-22-15)24(20,21)16-9-5-7-13-6-3-4-8-14(13)16;4-1-7-2(5)9-3(6)8-1/h3-9,15,17H,2,10-12H2,1H3,(H,20,21);(H6,4,5,6,7,8,9). The molecule has 1 aliphatic rings. The SMILES string of the molecule is CCC(=O)OCC1OCCC1P(=O)(O)c1cccc2ccccc12.Nc1nc(N)nc(N)n1. The lowest BCUT2D eigenvalue weighted by atomic mass is 10.1. The summed E-state index contributed by atoms with van der Waals surface area (Å²) in [6, 6.07) is 13.0. The number of anilines is 3. The number of aromatic nitrogens is 3. The molecule has 4 rings (SSSR count). The maximum absolute atomic E-state index is 13.3. The van der Waals surface area contributed by atoms with Gasteiger partial charge in [-0.3, -0.25) is 9.36 Å². The molecule has 1 fully saturated rings. The summed E-state index contributed by atoms with van der Waals surface area (Å²) in [5.41, 5.74) is 14.8. The van der Waals surface area contributed by atoms with Gasteiger partial charge in [-0.25, -0.2) is 0 Å². The quantitative estimate of drug-likeness (QED) is 0.309. The second-order valence-electron chi connectivity index (χ2n) is 7.33. The van der Waals surface area contributed by atoms with E-state index in [1.807, 2.05) is 30.3 Å². The molecule has 0 aliphatic carbocycles. The first-order valence-corrected chi connectivity index (χ1v) is 12.1. The highest BCUT2D eigenvalue weighted by Gasteiger charge is 2.44. The Hall–Kier alpha value is -3.27. The monoisotopic (exact) mass is 474 g/mol. The van der Waals surface area contributed by atoms with Crippen LogP contribution in [0.15, 0.2) is 42.5 Å². The van der Waals surface area contributed by atoms with Crippen LogP contribution in [0.3, 0.4) is 0 Å². The molecule has 0 spiro atoms. The molecule has 3 atom stereocenters. The number of nitrogens with zero attached hydrogens (tertiary/aromatic N) is 3. The number of esters is 1. The fraction of sp³-hybridized carbons (Fsp3) is 0.333. The van der Waals surface area contributed by atoms with Crippen LogP contribution in [0.2, 0.25) is 0 Å². The van der Waals surface area contributed by atoms with Gasteiger partial charge in [-0.1, -0.05) is 43.3 Å². The third kappa shape index (κ3) is 5.95. The number of hydrogen-bond donors (Lipinski definition) is 4. The minimum absolute atomic E-state index is 0.0205. The summed E-state index contributed by atoms with van der Waals surface area (Å²) in [7, 11) is -3.68. The Morgan fingerprint density at radius 2 is 1.70 bits per heavy atom. The molecule has 0 saturated carbocycles. The Morgan fingerprint density at radius 3 is 2.33 bits per heavy atom. The Kier molecular flexibility index (Phi) is 7.80. The van der Waals surface area contributed by atoms with E-state index in [0.717, 1.165) is 10.8 Å². The highest BCUT2D eigenvalue weighted by molar-refractivity contribution is 7.67. The van der Waals surface area contributed by atoms with Crippen LogP contribution in [-0.2, 0) is 18.8 Å². The zero-order chi connectivity index (χ0) is 24.0. The van der Waals surface area contributed by atoms with Gasteiger partial charge in [0.05, 0.1) is 5.66 Å². The molecule has 1 saturated heterocycles. The maximum atomic E-state index is 13.3. The van der Waals surface area contributed by atoms with Crippen LogP contribution in [0.1, 0.15) is 19.8 Å². The molecular weight excluding hydrogens is 447 g/mol. The van der Waals surface area contributed by atoms with Crippen LogP contribution in [0, 0.1) is 0 Å². The van der Waals surface area contributed by atoms with Gasteiger partial charge >= 0.3 is 5.97 Å². The molecule has 33 heavy (non-hydrogen) atoms. The summed E-state index contributed by atoms with van der Waals surface area (Å²) in [5.74, 6) is -0.206. The van der Waals surface area contributed by atoms with Crippen molar-refractivity contribution in [3.8, 4) is 0 Å². The fourth-order valence-corrected chi connectivity index (χ4v) is 5.85. The lowest BCUT2D eigenvalue weighted by molar-refractivity contribution is -0.146. The lowest BCUT2D eigenvalue weighted by Gasteiger charge is -2.24. The van der Waals surface area contributed by atoms with Gasteiger partial charge < -0.3 is 31.6 Å². The van der Waals surface area contributed by atoms with Crippen molar-refractivity contribution in [2.24, 2.45) is 0 Å². The number of fused-ring (bicyclic) bond motifs is 1. The molecule has 7 N–H and O–H groups in total. The van der Waals surface area contributed by atoms with Crippen molar-refractivity contribution in [2.75, 3.05) is 30.4 Å². The second kappa shape index (κ2) is 10.6. The number of benzene rings is 2. The molecule has 1 aliphatic heterocycles. The zero-order valence-corrected chi connectivity index (χ0v) is 19.0. The number of carbonyl (C=O) groups is 1. The van der Waals surface area contributed by atoms with E-state index in [1.54, 1.807) is 19.1 Å². The molecule has 1 aromatic heterocycles. The molecule has 176 valence electrons. The average Bonchev–Trinajstić information content (AvgIpc) is 3.26. The van der Waals surface area contributed by atoms with Gasteiger partial charge in [-0.15, -0.1) is 0 Å². The largest absolute Gasteiger partial charge is 0.463 e. The predicted molar refractivity (Wildman–Crippen MR) is 126 cm³/mol. The molecular formula is C21H27N6O5P. The molecule has 12 heteroatoms. The number of hydrogen-bond acceptors (Lipinski definition) is 10. The van der Waals surface area contributed by atoms with Crippen LogP contribution < -0.4 is 22.5 Å². The van der Waals surface area contributed by atoms with Gasteiger partial charge in [0.15, 0.2) is 0 Å². The minimum Gasteiger partial charge on any atom is -0.463 e. The van der Waals surface area contributed by atoms with Gasteiger partial charge in [-0.2, -0.15) is 15.0 Å². The van der Waals surface area contributed by atoms with Crippen LogP contribution >= 0.6 is 7.37 Å². The summed E-state index contributed by atoms with van der Waals surface area (Å²) in [4.78, 5) is 32.7. The van der Waals surface area contributed by atoms with Crippen molar-refractivity contribution in [1.82, 2.24) is 15.0 Å². The number of rotatable bonds is 5. The highest BCUT2D eigenvalue weighted by Crippen LogP contribution is 2.52. The Labute approximate surface area is 190 Å². The molecule has 2 aromatic carbocycles. The summed E-state index contributed by atoms with van der Waals surface area (Å²) in [6.07, 6.45) is 0.207. The zero-order valence-electron chi connectivity index (χ0n) is 18.1. The molecule has 3 aromatic rings. The fourth-order valence-electron chi connectivity index (χ4n) is 3.57. The van der Waals surface area contributed by atoms with E-state index < -0.39 is 19.1 Å². The number of carbonyl (C=O) groups excluding carboxylic acids is 1. The second-order valence-corrected chi connectivity index (χ2v) is 9.72. The van der Waals surface area contributed by atoms with Crippen molar-refractivity contribution in [2.45, 2.75) is 31.5 Å². The first-order chi connectivity index (χ1) is 15.7. The Morgan fingerprint density at radius 1 is 1.09 bits per heavy atom. The van der Waals surface area contributed by atoms with E-state index in [-0.39, 0.29) is 36.8 Å². The van der Waals surface area contributed by atoms with Crippen molar-refractivity contribution in [3.63, 3.8) is 0 Å². The number of ether oxygens (including phenoxy) is 2. The van der Waals surface area contributed by atoms with E-state index in [4.69, 9.17) is 26.7 Å². The lowest BCUT2D eigenvalue weighted by Crippen LogP contribution is -2.31. The molecule has 0 amide bonds. The van der Waals surface area contributed by atoms with E-state index >= 15 is 0 Å². The number of nitrogen functional groups attached to an aromatic ring is 3. The number of nitrogens with two attached hydrogens (primary N) is 3. The topological polar surface area (TPSA) is 190 Å². The molecule has 2 heterocycles. The molecule has 0 radical (unpaired) electrons. The predicted octanol–water partition coefficient (Wildman–Crippen LogP) is 1.46. The summed E-state index contributed by atoms with van der Waals surface area (Å²) >= 11 is 0. The highest BCUT2D eigenvalue weighted by atomic mass is 31.2. The Bertz CT molecular complexity index is 1120. The third-order valence-electron chi connectivity index (χ3n) is 5.12. The summed E-state index contributed by atoms with van der Waals surface area (Å²) < 4.78 is 24.0. The maximum Gasteiger partial charge on any atom is 0.305 e. The van der Waals surface area contributed by atoms with Crippen LogP contribution in [0.4, 0.5) is 17.8 Å². The third-order valence-corrected chi connectivity index (χ3v) is 7.69. The van der Waals surface area contributed by atoms with Gasteiger partial charge in [0, 0.05) is 18.3 Å². The van der Waals surface area contributed by atoms with Gasteiger partial charge in [0.2, 0.25) is 25.2 Å². The van der Waals surface area contributed by atoms with Crippen LogP contribution in [0.5, 0.6) is 0 Å². The van der Waals surface area contributed by atoms with E-state index in [0.29, 0.717) is 18.3 Å². The van der Waals surface area contributed by atoms with Gasteiger partial charge in [0.1, 0.15) is 12.7 Å². The first-order valence-electron chi connectivity index (χ1n) is 10.3. The van der Waals surface area contributed by atoms with Crippen molar-refractivity contribution in [3.05, 3.63) is 42.5 Å². The van der Waals surface area contributed by atoms with Crippen molar-refractivity contribution in [1.29, 1.82) is 0 Å². The van der Waals surface area contributed by atoms with Gasteiger partial charge in [0.25, 0.3) is 0 Å². The van der Waals surface area contributed by atoms with E-state index in [2.05, 4.69) is 15.0 Å².